The van der Waals surface area contributed by atoms with E-state index < -0.39 is 5.97 Å². The van der Waals surface area contributed by atoms with Crippen LogP contribution in [0.4, 0.5) is 0 Å². The van der Waals surface area contributed by atoms with E-state index >= 15 is 0 Å². The van der Waals surface area contributed by atoms with E-state index in [0.717, 1.165) is 31.1 Å². The number of pyridine rings is 1. The van der Waals surface area contributed by atoms with Crippen molar-refractivity contribution >= 4 is 17.7 Å². The van der Waals surface area contributed by atoms with Gasteiger partial charge in [0, 0.05) is 24.7 Å². The van der Waals surface area contributed by atoms with Crippen LogP contribution in [0, 0.1) is 0 Å². The zero-order chi connectivity index (χ0) is 11.4. The third-order valence-corrected chi connectivity index (χ3v) is 3.73. The van der Waals surface area contributed by atoms with Gasteiger partial charge in [-0.2, -0.15) is 0 Å². The number of hydrogen-bond donors (Lipinski definition) is 1. The normalized spacial score (nSPS) is 17.2. The zero-order valence-corrected chi connectivity index (χ0v) is 9.57. The molecule has 2 heterocycles. The summed E-state index contributed by atoms with van der Waals surface area (Å²) in [7, 11) is 0. The van der Waals surface area contributed by atoms with Crippen molar-refractivity contribution in [2.24, 2.45) is 0 Å². The lowest BCUT2D eigenvalue weighted by molar-refractivity contribution is 0.0696. The van der Waals surface area contributed by atoms with Gasteiger partial charge in [-0.3, -0.25) is 0 Å². The van der Waals surface area contributed by atoms with E-state index in [1.807, 2.05) is 0 Å². The molecule has 0 saturated carbocycles. The average molecular weight is 239 g/mol. The van der Waals surface area contributed by atoms with Gasteiger partial charge in [-0.25, -0.2) is 9.78 Å². The van der Waals surface area contributed by atoms with Gasteiger partial charge in [0.1, 0.15) is 0 Å². The van der Waals surface area contributed by atoms with Crippen molar-refractivity contribution in [2.75, 3.05) is 13.2 Å². The van der Waals surface area contributed by atoms with Crippen LogP contribution in [0.3, 0.4) is 0 Å². The minimum Gasteiger partial charge on any atom is -0.478 e. The Labute approximate surface area is 98.0 Å². The van der Waals surface area contributed by atoms with Gasteiger partial charge in [0.25, 0.3) is 0 Å². The van der Waals surface area contributed by atoms with Crippen LogP contribution in [0.5, 0.6) is 0 Å². The van der Waals surface area contributed by atoms with E-state index in [0.29, 0.717) is 5.25 Å². The van der Waals surface area contributed by atoms with E-state index in [9.17, 15) is 4.79 Å². The molecular weight excluding hydrogens is 226 g/mol. The van der Waals surface area contributed by atoms with Crippen molar-refractivity contribution in [1.82, 2.24) is 4.98 Å². The number of carboxylic acids is 1. The number of hydrogen-bond acceptors (Lipinski definition) is 4. The number of carboxylic acid groups (broad SMARTS) is 1. The molecule has 4 nitrogen and oxygen atoms in total. The van der Waals surface area contributed by atoms with Crippen LogP contribution >= 0.6 is 11.8 Å². The molecule has 0 amide bonds. The summed E-state index contributed by atoms with van der Waals surface area (Å²) < 4.78 is 5.28. The summed E-state index contributed by atoms with van der Waals surface area (Å²) in [5.41, 5.74) is 0.233. The number of nitrogens with zero attached hydrogens (tertiary/aromatic N) is 1. The molecule has 1 aliphatic rings. The molecule has 1 aromatic rings. The molecule has 0 spiro atoms. The predicted octanol–water partition coefficient (Wildman–Crippen LogP) is 2.05. The minimum atomic E-state index is -0.935. The maximum Gasteiger partial charge on any atom is 0.337 e. The SMILES string of the molecule is O=C(O)c1ccc(SC2CCOCC2)nc1. The first kappa shape index (κ1) is 11.4. The van der Waals surface area contributed by atoms with Gasteiger partial charge in [-0.1, -0.05) is 0 Å². The number of rotatable bonds is 3. The van der Waals surface area contributed by atoms with Crippen LogP contribution in [0.1, 0.15) is 23.2 Å². The molecule has 0 unspecified atom stereocenters. The van der Waals surface area contributed by atoms with Crippen molar-refractivity contribution in [3.63, 3.8) is 0 Å². The molecule has 0 bridgehead atoms. The molecule has 5 heteroatoms. The molecule has 1 aliphatic heterocycles. The second-order valence-electron chi connectivity index (χ2n) is 3.62. The predicted molar refractivity (Wildman–Crippen MR) is 60.9 cm³/mol. The molecule has 1 N–H and O–H groups in total. The third kappa shape index (κ3) is 2.96. The molecule has 2 rings (SSSR count). The Kier molecular flexibility index (Phi) is 3.79. The van der Waals surface area contributed by atoms with Crippen molar-refractivity contribution in [3.8, 4) is 0 Å². The topological polar surface area (TPSA) is 59.4 Å². The van der Waals surface area contributed by atoms with E-state index in [2.05, 4.69) is 4.98 Å². The number of ether oxygens (including phenoxy) is 1. The molecule has 1 saturated heterocycles. The lowest BCUT2D eigenvalue weighted by atomic mass is 10.2. The molecule has 16 heavy (non-hydrogen) atoms. The first-order valence-electron chi connectivity index (χ1n) is 5.19. The van der Waals surface area contributed by atoms with Crippen LogP contribution in [0.25, 0.3) is 0 Å². The second kappa shape index (κ2) is 5.32. The highest BCUT2D eigenvalue weighted by Crippen LogP contribution is 2.28. The fourth-order valence-electron chi connectivity index (χ4n) is 1.54. The highest BCUT2D eigenvalue weighted by atomic mass is 32.2. The Balaban J connectivity index is 1.96. The first-order valence-corrected chi connectivity index (χ1v) is 6.07. The summed E-state index contributed by atoms with van der Waals surface area (Å²) in [6.45, 7) is 1.62. The van der Waals surface area contributed by atoms with E-state index in [1.54, 1.807) is 23.9 Å². The van der Waals surface area contributed by atoms with Crippen LogP contribution in [-0.4, -0.2) is 34.5 Å². The van der Waals surface area contributed by atoms with Gasteiger partial charge in [0.2, 0.25) is 0 Å². The van der Waals surface area contributed by atoms with Gasteiger partial charge in [0.15, 0.2) is 0 Å². The van der Waals surface area contributed by atoms with E-state index in [4.69, 9.17) is 9.84 Å². The highest BCUT2D eigenvalue weighted by molar-refractivity contribution is 7.99. The summed E-state index contributed by atoms with van der Waals surface area (Å²) in [6.07, 6.45) is 3.48. The summed E-state index contributed by atoms with van der Waals surface area (Å²) in [4.78, 5) is 14.8. The van der Waals surface area contributed by atoms with Crippen molar-refractivity contribution in [1.29, 1.82) is 0 Å². The molecule has 86 valence electrons. The van der Waals surface area contributed by atoms with Crippen molar-refractivity contribution < 1.29 is 14.6 Å². The third-order valence-electron chi connectivity index (χ3n) is 2.44. The van der Waals surface area contributed by atoms with Crippen LogP contribution in [0.2, 0.25) is 0 Å². The number of carbonyl (C=O) groups is 1. The van der Waals surface area contributed by atoms with Gasteiger partial charge in [-0.05, 0) is 25.0 Å². The molecular formula is C11H13NO3S. The Morgan fingerprint density at radius 1 is 1.44 bits per heavy atom. The molecule has 1 fully saturated rings. The summed E-state index contributed by atoms with van der Waals surface area (Å²) in [6, 6.07) is 3.36. The van der Waals surface area contributed by atoms with Crippen molar-refractivity contribution in [2.45, 2.75) is 23.1 Å². The summed E-state index contributed by atoms with van der Waals surface area (Å²) in [5, 5.41) is 10.2. The Bertz CT molecular complexity index is 360. The van der Waals surface area contributed by atoms with Gasteiger partial charge < -0.3 is 9.84 Å². The van der Waals surface area contributed by atoms with Gasteiger partial charge in [-0.15, -0.1) is 11.8 Å². The molecule has 0 aliphatic carbocycles. The Morgan fingerprint density at radius 2 is 2.19 bits per heavy atom. The second-order valence-corrected chi connectivity index (χ2v) is 4.94. The molecule has 1 aromatic heterocycles. The summed E-state index contributed by atoms with van der Waals surface area (Å²) >= 11 is 1.70. The minimum absolute atomic E-state index is 0.233. The molecule has 0 radical (unpaired) electrons. The standard InChI is InChI=1S/C11H13NO3S/c13-11(14)8-1-2-10(12-7-8)16-9-3-5-15-6-4-9/h1-2,7,9H,3-6H2,(H,13,14). The largest absolute Gasteiger partial charge is 0.478 e. The average Bonchev–Trinajstić information content (AvgIpc) is 2.31. The van der Waals surface area contributed by atoms with Gasteiger partial charge >= 0.3 is 5.97 Å². The van der Waals surface area contributed by atoms with E-state index in [1.165, 1.54) is 6.20 Å². The highest BCUT2D eigenvalue weighted by Gasteiger charge is 2.15. The lowest BCUT2D eigenvalue weighted by Crippen LogP contribution is -2.17. The maximum atomic E-state index is 10.6. The number of aromatic nitrogens is 1. The monoisotopic (exact) mass is 239 g/mol. The fourth-order valence-corrected chi connectivity index (χ4v) is 2.57. The Morgan fingerprint density at radius 3 is 2.75 bits per heavy atom. The number of aromatic carboxylic acids is 1. The van der Waals surface area contributed by atoms with Crippen LogP contribution in [-0.2, 0) is 4.74 Å². The first-order chi connectivity index (χ1) is 7.75. The smallest absolute Gasteiger partial charge is 0.337 e. The van der Waals surface area contributed by atoms with Crippen LogP contribution < -0.4 is 0 Å². The molecule has 0 aromatic carbocycles. The fraction of sp³-hybridized carbons (Fsp3) is 0.455. The molecule has 0 atom stereocenters. The van der Waals surface area contributed by atoms with Gasteiger partial charge in [0.05, 0.1) is 10.6 Å². The lowest BCUT2D eigenvalue weighted by Gasteiger charge is -2.20. The van der Waals surface area contributed by atoms with E-state index in [-0.39, 0.29) is 5.56 Å². The quantitative estimate of drug-likeness (QED) is 0.874. The maximum absolute atomic E-state index is 10.6. The Hall–Kier alpha value is -1.07. The van der Waals surface area contributed by atoms with Crippen molar-refractivity contribution in [3.05, 3.63) is 23.9 Å². The summed E-state index contributed by atoms with van der Waals surface area (Å²) in [5.74, 6) is -0.935. The van der Waals surface area contributed by atoms with Crippen LogP contribution in [0.15, 0.2) is 23.4 Å². The number of thioether (sulfide) groups is 1. The zero-order valence-electron chi connectivity index (χ0n) is 8.76.